The Kier molecular flexibility index (Phi) is 6.70. The van der Waals surface area contributed by atoms with Crippen LogP contribution in [0.3, 0.4) is 0 Å². The Hall–Kier alpha value is -2.21. The summed E-state index contributed by atoms with van der Waals surface area (Å²) >= 11 is 3.11. The average molecular weight is 408 g/mol. The maximum atomic E-state index is 13.7. The van der Waals surface area contributed by atoms with Crippen molar-refractivity contribution in [3.8, 4) is 0 Å². The fourth-order valence-corrected chi connectivity index (χ4v) is 2.64. The summed E-state index contributed by atoms with van der Waals surface area (Å²) < 4.78 is 19.1. The third kappa shape index (κ3) is 5.13. The summed E-state index contributed by atoms with van der Waals surface area (Å²) in [7, 11) is 0. The van der Waals surface area contributed by atoms with Gasteiger partial charge in [0.15, 0.2) is 6.61 Å². The molecule has 0 saturated heterocycles. The number of amides is 1. The number of rotatable bonds is 6. The van der Waals surface area contributed by atoms with Crippen molar-refractivity contribution in [1.82, 2.24) is 0 Å². The summed E-state index contributed by atoms with van der Waals surface area (Å²) in [5.41, 5.74) is 1.49. The number of ether oxygens (including phenoxy) is 1. The van der Waals surface area contributed by atoms with Crippen LogP contribution in [0, 0.1) is 5.82 Å². The molecule has 0 spiro atoms. The van der Waals surface area contributed by atoms with Crippen LogP contribution >= 0.6 is 15.9 Å². The van der Waals surface area contributed by atoms with Crippen LogP contribution in [-0.2, 0) is 9.53 Å². The first-order chi connectivity index (χ1) is 11.9. The van der Waals surface area contributed by atoms with Crippen LogP contribution in [0.1, 0.15) is 42.1 Å². The maximum Gasteiger partial charge on any atom is 0.341 e. The predicted molar refractivity (Wildman–Crippen MR) is 98.2 cm³/mol. The molecule has 1 atom stereocenters. The molecule has 0 aliphatic carbocycles. The Bertz CT molecular complexity index is 779. The number of anilines is 1. The van der Waals surface area contributed by atoms with Gasteiger partial charge in [0.2, 0.25) is 0 Å². The SMILES string of the molecule is CC[C@@H](C)c1ccccc1NC(=O)COC(=O)c1ccc(Br)cc1F. The van der Waals surface area contributed by atoms with E-state index in [0.29, 0.717) is 10.2 Å². The van der Waals surface area contributed by atoms with E-state index in [1.54, 1.807) is 6.07 Å². The Labute approximate surface area is 154 Å². The molecule has 0 bridgehead atoms. The lowest BCUT2D eigenvalue weighted by Gasteiger charge is -2.15. The van der Waals surface area contributed by atoms with Gasteiger partial charge < -0.3 is 10.1 Å². The van der Waals surface area contributed by atoms with Crippen LogP contribution in [0.4, 0.5) is 10.1 Å². The second-order valence-electron chi connectivity index (χ2n) is 5.65. The van der Waals surface area contributed by atoms with Crippen LogP contribution in [0.5, 0.6) is 0 Å². The molecule has 0 aliphatic rings. The Morgan fingerprint density at radius 3 is 2.64 bits per heavy atom. The van der Waals surface area contributed by atoms with E-state index in [0.717, 1.165) is 12.0 Å². The third-order valence-electron chi connectivity index (χ3n) is 3.86. The zero-order valence-electron chi connectivity index (χ0n) is 14.0. The van der Waals surface area contributed by atoms with E-state index in [9.17, 15) is 14.0 Å². The zero-order valence-corrected chi connectivity index (χ0v) is 15.6. The summed E-state index contributed by atoms with van der Waals surface area (Å²) in [6, 6.07) is 11.5. The Morgan fingerprint density at radius 2 is 1.96 bits per heavy atom. The van der Waals surface area contributed by atoms with Gasteiger partial charge in [0.1, 0.15) is 5.82 Å². The van der Waals surface area contributed by atoms with Crippen molar-refractivity contribution in [2.45, 2.75) is 26.2 Å². The molecule has 0 saturated carbocycles. The fourth-order valence-electron chi connectivity index (χ4n) is 2.31. The van der Waals surface area contributed by atoms with Crippen molar-refractivity contribution in [2.75, 3.05) is 11.9 Å². The third-order valence-corrected chi connectivity index (χ3v) is 4.36. The first-order valence-corrected chi connectivity index (χ1v) is 8.72. The molecule has 2 rings (SSSR count). The van der Waals surface area contributed by atoms with Gasteiger partial charge in [0, 0.05) is 10.2 Å². The van der Waals surface area contributed by atoms with Gasteiger partial charge in [-0.15, -0.1) is 0 Å². The maximum absolute atomic E-state index is 13.7. The molecule has 1 amide bonds. The lowest BCUT2D eigenvalue weighted by molar-refractivity contribution is -0.119. The first kappa shape index (κ1) is 19.1. The van der Waals surface area contributed by atoms with Gasteiger partial charge in [-0.2, -0.15) is 0 Å². The molecule has 2 aromatic carbocycles. The van der Waals surface area contributed by atoms with E-state index in [1.165, 1.54) is 18.2 Å². The predicted octanol–water partition coefficient (Wildman–Crippen LogP) is 4.90. The number of para-hydroxylation sites is 1. The molecule has 4 nitrogen and oxygen atoms in total. The van der Waals surface area contributed by atoms with Gasteiger partial charge >= 0.3 is 5.97 Å². The number of carbonyl (C=O) groups excluding carboxylic acids is 2. The molecular formula is C19H19BrFNO3. The van der Waals surface area contributed by atoms with E-state index in [-0.39, 0.29) is 11.5 Å². The standard InChI is InChI=1S/C19H19BrFNO3/c1-3-12(2)14-6-4-5-7-17(14)22-18(23)11-25-19(24)15-9-8-13(20)10-16(15)21/h4-10,12H,3,11H2,1-2H3,(H,22,23)/t12-/m1/s1. The second-order valence-corrected chi connectivity index (χ2v) is 6.56. The number of carbonyl (C=O) groups is 2. The van der Waals surface area contributed by atoms with E-state index >= 15 is 0 Å². The van der Waals surface area contributed by atoms with Crippen molar-refractivity contribution < 1.29 is 18.7 Å². The minimum absolute atomic E-state index is 0.212. The van der Waals surface area contributed by atoms with Crippen molar-refractivity contribution in [1.29, 1.82) is 0 Å². The fraction of sp³-hybridized carbons (Fsp3) is 0.263. The quantitative estimate of drug-likeness (QED) is 0.692. The van der Waals surface area contributed by atoms with E-state index in [1.807, 2.05) is 18.2 Å². The van der Waals surface area contributed by atoms with Gasteiger partial charge in [-0.3, -0.25) is 4.79 Å². The molecule has 0 heterocycles. The van der Waals surface area contributed by atoms with Gasteiger partial charge in [-0.1, -0.05) is 48.0 Å². The normalized spacial score (nSPS) is 11.7. The second kappa shape index (κ2) is 8.76. The molecule has 0 aromatic heterocycles. The van der Waals surface area contributed by atoms with E-state index in [4.69, 9.17) is 4.74 Å². The van der Waals surface area contributed by atoms with Crippen molar-refractivity contribution in [2.24, 2.45) is 0 Å². The minimum Gasteiger partial charge on any atom is -0.452 e. The van der Waals surface area contributed by atoms with E-state index in [2.05, 4.69) is 35.1 Å². The van der Waals surface area contributed by atoms with Gasteiger partial charge in [0.25, 0.3) is 5.91 Å². The smallest absolute Gasteiger partial charge is 0.341 e. The van der Waals surface area contributed by atoms with Crippen molar-refractivity contribution >= 4 is 33.5 Å². The van der Waals surface area contributed by atoms with Crippen LogP contribution in [-0.4, -0.2) is 18.5 Å². The zero-order chi connectivity index (χ0) is 18.4. The number of hydrogen-bond donors (Lipinski definition) is 1. The lowest BCUT2D eigenvalue weighted by atomic mass is 9.97. The summed E-state index contributed by atoms with van der Waals surface area (Å²) in [4.78, 5) is 24.0. The Morgan fingerprint density at radius 1 is 1.24 bits per heavy atom. The minimum atomic E-state index is -0.879. The molecule has 0 aliphatic heterocycles. The molecule has 0 radical (unpaired) electrons. The van der Waals surface area contributed by atoms with Crippen molar-refractivity contribution in [3.63, 3.8) is 0 Å². The lowest BCUT2D eigenvalue weighted by Crippen LogP contribution is -2.22. The Balaban J connectivity index is 1.98. The van der Waals surface area contributed by atoms with E-state index < -0.39 is 24.3 Å². The van der Waals surface area contributed by atoms with Crippen LogP contribution in [0.2, 0.25) is 0 Å². The molecule has 1 N–H and O–H groups in total. The summed E-state index contributed by atoms with van der Waals surface area (Å²) in [5.74, 6) is -1.77. The average Bonchev–Trinajstić information content (AvgIpc) is 2.59. The topological polar surface area (TPSA) is 55.4 Å². The highest BCUT2D eigenvalue weighted by molar-refractivity contribution is 9.10. The highest BCUT2D eigenvalue weighted by atomic mass is 79.9. The summed E-state index contributed by atoms with van der Waals surface area (Å²) in [6.45, 7) is 3.66. The molecule has 25 heavy (non-hydrogen) atoms. The molecule has 0 fully saturated rings. The molecular weight excluding hydrogens is 389 g/mol. The molecule has 0 unspecified atom stereocenters. The summed E-state index contributed by atoms with van der Waals surface area (Å²) in [6.07, 6.45) is 0.935. The number of nitrogens with one attached hydrogen (secondary N) is 1. The number of benzene rings is 2. The first-order valence-electron chi connectivity index (χ1n) is 7.93. The van der Waals surface area contributed by atoms with Crippen molar-refractivity contribution in [3.05, 3.63) is 63.9 Å². The highest BCUT2D eigenvalue weighted by Crippen LogP contribution is 2.26. The molecule has 6 heteroatoms. The number of halogens is 2. The van der Waals surface area contributed by atoms with Crippen LogP contribution in [0.15, 0.2) is 46.9 Å². The highest BCUT2D eigenvalue weighted by Gasteiger charge is 2.16. The van der Waals surface area contributed by atoms with Gasteiger partial charge in [-0.05, 0) is 42.2 Å². The monoisotopic (exact) mass is 407 g/mol. The van der Waals surface area contributed by atoms with Gasteiger partial charge in [-0.25, -0.2) is 9.18 Å². The van der Waals surface area contributed by atoms with Crippen LogP contribution in [0.25, 0.3) is 0 Å². The summed E-state index contributed by atoms with van der Waals surface area (Å²) in [5, 5.41) is 2.74. The number of hydrogen-bond acceptors (Lipinski definition) is 3. The van der Waals surface area contributed by atoms with Crippen LogP contribution < -0.4 is 5.32 Å². The number of esters is 1. The molecule has 2 aromatic rings. The van der Waals surface area contributed by atoms with Gasteiger partial charge in [0.05, 0.1) is 5.56 Å². The largest absolute Gasteiger partial charge is 0.452 e. The molecule has 132 valence electrons.